The van der Waals surface area contributed by atoms with Gasteiger partial charge in [0.1, 0.15) is 10.8 Å². The van der Waals surface area contributed by atoms with Crippen molar-refractivity contribution in [2.75, 3.05) is 18.4 Å². The van der Waals surface area contributed by atoms with E-state index in [0.717, 1.165) is 31.4 Å². The number of para-hydroxylation sites is 1. The van der Waals surface area contributed by atoms with Gasteiger partial charge in [-0.15, -0.1) is 11.3 Å². The molecular formula is C21H23FN3OS+. The van der Waals surface area contributed by atoms with Crippen LogP contribution in [0.25, 0.3) is 10.2 Å². The summed E-state index contributed by atoms with van der Waals surface area (Å²) in [6.07, 6.45) is 2.21. The van der Waals surface area contributed by atoms with Crippen LogP contribution in [0.3, 0.4) is 0 Å². The van der Waals surface area contributed by atoms with E-state index in [2.05, 4.69) is 17.4 Å². The highest BCUT2D eigenvalue weighted by atomic mass is 32.1. The molecular weight excluding hydrogens is 361 g/mol. The minimum atomic E-state index is -0.304. The van der Waals surface area contributed by atoms with Crippen LogP contribution in [-0.2, 0) is 4.79 Å². The van der Waals surface area contributed by atoms with Gasteiger partial charge in [-0.25, -0.2) is 9.37 Å². The van der Waals surface area contributed by atoms with Crippen molar-refractivity contribution >= 4 is 33.1 Å². The molecule has 27 heavy (non-hydrogen) atoms. The summed E-state index contributed by atoms with van der Waals surface area (Å²) in [5, 5.41) is 4.08. The van der Waals surface area contributed by atoms with Gasteiger partial charge in [-0.1, -0.05) is 12.1 Å². The summed E-state index contributed by atoms with van der Waals surface area (Å²) in [5.74, 6) is 0.0650. The Morgan fingerprint density at radius 1 is 1.26 bits per heavy atom. The molecule has 1 aromatic heterocycles. The highest BCUT2D eigenvalue weighted by Crippen LogP contribution is 2.30. The molecule has 1 unspecified atom stereocenters. The van der Waals surface area contributed by atoms with Gasteiger partial charge < -0.3 is 10.2 Å². The summed E-state index contributed by atoms with van der Waals surface area (Å²) in [5.41, 5.74) is 1.69. The number of fused-ring (bicyclic) bond motifs is 1. The molecule has 0 radical (unpaired) electrons. The monoisotopic (exact) mass is 384 g/mol. The number of thiazole rings is 1. The number of hydrogen-bond donors (Lipinski definition) is 2. The zero-order valence-corrected chi connectivity index (χ0v) is 16.1. The molecule has 1 amide bonds. The Morgan fingerprint density at radius 3 is 2.81 bits per heavy atom. The van der Waals surface area contributed by atoms with Gasteiger partial charge in [-0.3, -0.25) is 4.79 Å². The molecule has 1 saturated heterocycles. The molecule has 2 aromatic carbocycles. The first kappa shape index (κ1) is 18.1. The van der Waals surface area contributed by atoms with Gasteiger partial charge in [0.15, 0.2) is 6.04 Å². The van der Waals surface area contributed by atoms with Crippen molar-refractivity contribution in [3.63, 3.8) is 0 Å². The molecule has 6 heteroatoms. The van der Waals surface area contributed by atoms with Crippen LogP contribution in [0.15, 0.2) is 48.5 Å². The van der Waals surface area contributed by atoms with E-state index in [1.807, 2.05) is 19.1 Å². The molecule has 0 aliphatic carbocycles. The topological polar surface area (TPSA) is 46.4 Å². The second kappa shape index (κ2) is 7.74. The van der Waals surface area contributed by atoms with E-state index in [-0.39, 0.29) is 17.8 Å². The summed E-state index contributed by atoms with van der Waals surface area (Å²) in [4.78, 5) is 18.7. The largest absolute Gasteiger partial charge is 0.324 e. The third kappa shape index (κ3) is 4.01. The van der Waals surface area contributed by atoms with E-state index in [1.165, 1.54) is 26.7 Å². The molecule has 3 aromatic rings. The molecule has 3 atom stereocenters. The normalized spacial score (nSPS) is 21.1. The lowest BCUT2D eigenvalue weighted by Gasteiger charge is -2.32. The van der Waals surface area contributed by atoms with Gasteiger partial charge in [-0.05, 0) is 56.2 Å². The van der Waals surface area contributed by atoms with Crippen LogP contribution in [0, 0.1) is 5.82 Å². The minimum Gasteiger partial charge on any atom is -0.324 e. The Labute approximate surface area is 162 Å². The van der Waals surface area contributed by atoms with Crippen molar-refractivity contribution in [3.8, 4) is 0 Å². The quantitative estimate of drug-likeness (QED) is 0.726. The predicted octanol–water partition coefficient (Wildman–Crippen LogP) is 3.22. The first-order valence-electron chi connectivity index (χ1n) is 9.36. The molecule has 0 spiro atoms. The zero-order chi connectivity index (χ0) is 18.8. The van der Waals surface area contributed by atoms with E-state index in [1.54, 1.807) is 23.5 Å². The maximum absolute atomic E-state index is 13.0. The number of nitrogens with one attached hydrogen (secondary N) is 2. The molecule has 140 valence electrons. The number of quaternary nitrogens is 1. The number of nitrogens with zero attached hydrogens (tertiary/aromatic N) is 1. The molecule has 2 N–H and O–H groups in total. The predicted molar refractivity (Wildman–Crippen MR) is 107 cm³/mol. The van der Waals surface area contributed by atoms with Crippen molar-refractivity contribution < 1.29 is 14.1 Å². The van der Waals surface area contributed by atoms with Crippen LogP contribution in [-0.4, -0.2) is 30.0 Å². The maximum Gasteiger partial charge on any atom is 0.282 e. The summed E-state index contributed by atoms with van der Waals surface area (Å²) < 4.78 is 14.3. The summed E-state index contributed by atoms with van der Waals surface area (Å²) >= 11 is 1.77. The lowest BCUT2D eigenvalue weighted by Crippen LogP contribution is -3.17. The van der Waals surface area contributed by atoms with Crippen molar-refractivity contribution in [1.82, 2.24) is 4.98 Å². The number of halogens is 1. The number of anilines is 1. The molecule has 0 saturated carbocycles. The lowest BCUT2D eigenvalue weighted by atomic mass is 9.97. The van der Waals surface area contributed by atoms with Crippen LogP contribution in [0.1, 0.15) is 30.7 Å². The van der Waals surface area contributed by atoms with E-state index < -0.39 is 0 Å². The third-order valence-corrected chi connectivity index (χ3v) is 6.54. The van der Waals surface area contributed by atoms with E-state index in [9.17, 15) is 9.18 Å². The third-order valence-electron chi connectivity index (χ3n) is 5.34. The fourth-order valence-electron chi connectivity index (χ4n) is 3.73. The summed E-state index contributed by atoms with van der Waals surface area (Å²) in [7, 11) is 0. The average Bonchev–Trinajstić information content (AvgIpc) is 3.13. The van der Waals surface area contributed by atoms with Gasteiger partial charge in [0.25, 0.3) is 5.91 Å². The van der Waals surface area contributed by atoms with E-state index in [0.29, 0.717) is 11.6 Å². The Balaban J connectivity index is 1.43. The molecule has 2 heterocycles. The zero-order valence-electron chi connectivity index (χ0n) is 15.2. The van der Waals surface area contributed by atoms with E-state index >= 15 is 0 Å². The molecule has 4 rings (SSSR count). The van der Waals surface area contributed by atoms with Gasteiger partial charge in [0.05, 0.1) is 29.2 Å². The van der Waals surface area contributed by atoms with Gasteiger partial charge in [0, 0.05) is 5.69 Å². The van der Waals surface area contributed by atoms with Gasteiger partial charge in [-0.2, -0.15) is 0 Å². The number of amides is 1. The fourth-order valence-corrected chi connectivity index (χ4v) is 4.84. The molecule has 1 fully saturated rings. The van der Waals surface area contributed by atoms with Crippen molar-refractivity contribution in [1.29, 1.82) is 0 Å². The Hall–Kier alpha value is -2.31. The van der Waals surface area contributed by atoms with Crippen molar-refractivity contribution in [2.45, 2.75) is 31.7 Å². The van der Waals surface area contributed by atoms with Crippen LogP contribution in [0.2, 0.25) is 0 Å². The number of likely N-dealkylation sites (tertiary alicyclic amines) is 1. The number of benzene rings is 2. The van der Waals surface area contributed by atoms with Gasteiger partial charge in [0.2, 0.25) is 0 Å². The van der Waals surface area contributed by atoms with Crippen LogP contribution in [0.5, 0.6) is 0 Å². The summed E-state index contributed by atoms with van der Waals surface area (Å²) in [6.45, 7) is 3.87. The van der Waals surface area contributed by atoms with Crippen LogP contribution < -0.4 is 10.2 Å². The van der Waals surface area contributed by atoms with Crippen molar-refractivity contribution in [3.05, 3.63) is 59.4 Å². The number of carbonyl (C=O) groups excluding carboxylic acids is 1. The molecule has 1 aliphatic heterocycles. The Bertz CT molecular complexity index is 907. The summed E-state index contributed by atoms with van der Waals surface area (Å²) in [6, 6.07) is 14.0. The van der Waals surface area contributed by atoms with Gasteiger partial charge >= 0.3 is 0 Å². The standard InChI is InChI=1S/C21H22FN3OS/c1-14(20(26)23-17-10-8-16(22)9-11-17)25-12-4-5-15(13-25)21-24-18-6-2-3-7-19(18)27-21/h2-3,6-11,14-15H,4-5,12-13H2,1H3,(H,23,26)/p+1/t14-,15-/m0/s1. The highest BCUT2D eigenvalue weighted by Gasteiger charge is 2.33. The number of piperidine rings is 1. The smallest absolute Gasteiger partial charge is 0.282 e. The van der Waals surface area contributed by atoms with Crippen LogP contribution >= 0.6 is 11.3 Å². The Kier molecular flexibility index (Phi) is 5.18. The number of rotatable bonds is 4. The molecule has 1 aliphatic rings. The molecule has 0 bridgehead atoms. The van der Waals surface area contributed by atoms with E-state index in [4.69, 9.17) is 4.98 Å². The van der Waals surface area contributed by atoms with Crippen LogP contribution in [0.4, 0.5) is 10.1 Å². The second-order valence-corrected chi connectivity index (χ2v) is 8.25. The first-order valence-corrected chi connectivity index (χ1v) is 10.2. The SMILES string of the molecule is C[C@@H](C(=O)Nc1ccc(F)cc1)[NH+]1CCC[C@H](c2nc3ccccc3s2)C1. The number of hydrogen-bond acceptors (Lipinski definition) is 3. The van der Waals surface area contributed by atoms with Crippen molar-refractivity contribution in [2.24, 2.45) is 0 Å². The Morgan fingerprint density at radius 2 is 2.04 bits per heavy atom. The highest BCUT2D eigenvalue weighted by molar-refractivity contribution is 7.18. The number of carbonyl (C=O) groups is 1. The lowest BCUT2D eigenvalue weighted by molar-refractivity contribution is -0.920. The number of aromatic nitrogens is 1. The first-order chi connectivity index (χ1) is 13.1. The second-order valence-electron chi connectivity index (χ2n) is 7.19. The molecule has 4 nitrogen and oxygen atoms in total. The fraction of sp³-hybridized carbons (Fsp3) is 0.333. The minimum absolute atomic E-state index is 0.0263. The average molecular weight is 385 g/mol. The maximum atomic E-state index is 13.0.